The molecular formula is C17H35Cl2N3O2. The molecule has 0 aromatic carbocycles. The molecule has 1 saturated heterocycles. The molecule has 5 nitrogen and oxygen atoms in total. The molecule has 2 atom stereocenters. The number of ether oxygens (including phenoxy) is 1. The Hall–Kier alpha value is -0.0700. The first-order chi connectivity index (χ1) is 10.2. The van der Waals surface area contributed by atoms with Crippen LogP contribution in [0.2, 0.25) is 0 Å². The first kappa shape index (κ1) is 23.9. The lowest BCUT2D eigenvalue weighted by Gasteiger charge is -2.59. The van der Waals surface area contributed by atoms with Gasteiger partial charge in [-0.25, -0.2) is 0 Å². The van der Waals surface area contributed by atoms with E-state index in [1.807, 2.05) is 11.8 Å². The standard InChI is InChI=1S/C17H33N3O2.2ClH/c1-6-22-14-11-17(18,16(14,2)3)15(21)20-9-7-13(8-10-20)12-19(4)5;;/h13-14H,6-12,18H2,1-5H3;2*1H. The smallest absolute Gasteiger partial charge is 0.243 e. The van der Waals surface area contributed by atoms with Gasteiger partial charge in [0.05, 0.1) is 6.10 Å². The molecule has 24 heavy (non-hydrogen) atoms. The third kappa shape index (κ3) is 4.36. The Morgan fingerprint density at radius 1 is 1.25 bits per heavy atom. The quantitative estimate of drug-likeness (QED) is 0.789. The van der Waals surface area contributed by atoms with Gasteiger partial charge in [-0.3, -0.25) is 4.79 Å². The summed E-state index contributed by atoms with van der Waals surface area (Å²) in [5.41, 5.74) is 5.46. The number of carbonyl (C=O) groups is 1. The van der Waals surface area contributed by atoms with Gasteiger partial charge in [0.1, 0.15) is 5.54 Å². The van der Waals surface area contributed by atoms with E-state index in [-0.39, 0.29) is 42.2 Å². The van der Waals surface area contributed by atoms with Crippen molar-refractivity contribution in [2.75, 3.05) is 40.3 Å². The van der Waals surface area contributed by atoms with Crippen molar-refractivity contribution < 1.29 is 9.53 Å². The third-order valence-electron chi connectivity index (χ3n) is 5.74. The van der Waals surface area contributed by atoms with Crippen molar-refractivity contribution in [3.8, 4) is 0 Å². The minimum absolute atomic E-state index is 0. The van der Waals surface area contributed by atoms with E-state index in [1.54, 1.807) is 0 Å². The number of hydrogen-bond donors (Lipinski definition) is 1. The zero-order chi connectivity index (χ0) is 16.5. The second-order valence-electron chi connectivity index (χ2n) is 7.84. The van der Waals surface area contributed by atoms with Gasteiger partial charge in [-0.05, 0) is 39.8 Å². The molecule has 0 bridgehead atoms. The van der Waals surface area contributed by atoms with Gasteiger partial charge < -0.3 is 20.3 Å². The van der Waals surface area contributed by atoms with Crippen molar-refractivity contribution in [2.24, 2.45) is 17.1 Å². The van der Waals surface area contributed by atoms with E-state index in [0.717, 1.165) is 32.5 Å². The lowest BCUT2D eigenvalue weighted by atomic mass is 9.54. The molecule has 1 heterocycles. The predicted molar refractivity (Wildman–Crippen MR) is 103 cm³/mol. The van der Waals surface area contributed by atoms with Crippen LogP contribution in [0.5, 0.6) is 0 Å². The average molecular weight is 384 g/mol. The summed E-state index contributed by atoms with van der Waals surface area (Å²) in [6, 6.07) is 0. The zero-order valence-corrected chi connectivity index (χ0v) is 17.3. The van der Waals surface area contributed by atoms with E-state index >= 15 is 0 Å². The number of amides is 1. The molecule has 1 amide bonds. The first-order valence-electron chi connectivity index (χ1n) is 8.57. The number of nitrogens with zero attached hydrogens (tertiary/aromatic N) is 2. The van der Waals surface area contributed by atoms with Crippen molar-refractivity contribution in [3.05, 3.63) is 0 Å². The van der Waals surface area contributed by atoms with Crippen LogP contribution >= 0.6 is 24.8 Å². The molecule has 144 valence electrons. The minimum Gasteiger partial charge on any atom is -0.378 e. The van der Waals surface area contributed by atoms with Crippen LogP contribution in [0.1, 0.15) is 40.0 Å². The SMILES string of the molecule is CCOC1CC(N)(C(=O)N2CCC(CN(C)C)CC2)C1(C)C.Cl.Cl. The number of nitrogens with two attached hydrogens (primary N) is 1. The molecule has 0 aromatic heterocycles. The van der Waals surface area contributed by atoms with Crippen LogP contribution in [0.25, 0.3) is 0 Å². The monoisotopic (exact) mass is 383 g/mol. The predicted octanol–water partition coefficient (Wildman–Crippen LogP) is 2.16. The van der Waals surface area contributed by atoms with Gasteiger partial charge in [-0.2, -0.15) is 0 Å². The van der Waals surface area contributed by atoms with Crippen molar-refractivity contribution in [1.29, 1.82) is 0 Å². The maximum atomic E-state index is 12.9. The van der Waals surface area contributed by atoms with Gasteiger partial charge in [0.2, 0.25) is 5.91 Å². The van der Waals surface area contributed by atoms with Crippen LogP contribution in [0, 0.1) is 11.3 Å². The van der Waals surface area contributed by atoms with Crippen LogP contribution in [-0.2, 0) is 9.53 Å². The van der Waals surface area contributed by atoms with Crippen LogP contribution < -0.4 is 5.73 Å². The van der Waals surface area contributed by atoms with Gasteiger partial charge in [-0.1, -0.05) is 13.8 Å². The van der Waals surface area contributed by atoms with Gasteiger partial charge in [0.25, 0.3) is 0 Å². The molecule has 7 heteroatoms. The molecule has 1 aliphatic heterocycles. The molecule has 1 aliphatic carbocycles. The topological polar surface area (TPSA) is 58.8 Å². The maximum absolute atomic E-state index is 12.9. The molecule has 2 fully saturated rings. The van der Waals surface area contributed by atoms with Crippen molar-refractivity contribution in [1.82, 2.24) is 9.80 Å². The first-order valence-corrected chi connectivity index (χ1v) is 8.57. The number of rotatable bonds is 5. The summed E-state index contributed by atoms with van der Waals surface area (Å²) in [4.78, 5) is 17.1. The van der Waals surface area contributed by atoms with E-state index in [2.05, 4.69) is 32.8 Å². The highest BCUT2D eigenvalue weighted by atomic mass is 35.5. The largest absolute Gasteiger partial charge is 0.378 e. The molecule has 0 aromatic rings. The fourth-order valence-electron chi connectivity index (χ4n) is 3.92. The maximum Gasteiger partial charge on any atom is 0.243 e. The summed E-state index contributed by atoms with van der Waals surface area (Å²) in [5, 5.41) is 0. The Morgan fingerprint density at radius 2 is 1.79 bits per heavy atom. The highest BCUT2D eigenvalue weighted by molar-refractivity contribution is 5.89. The van der Waals surface area contributed by atoms with Crippen molar-refractivity contribution in [3.63, 3.8) is 0 Å². The summed E-state index contributed by atoms with van der Waals surface area (Å²) in [6.07, 6.45) is 2.90. The Kier molecular flexibility index (Phi) is 9.01. The minimum atomic E-state index is -0.763. The number of halogens is 2. The van der Waals surface area contributed by atoms with Gasteiger partial charge in [-0.15, -0.1) is 24.8 Å². The van der Waals surface area contributed by atoms with Gasteiger partial charge >= 0.3 is 0 Å². The number of carbonyl (C=O) groups excluding carboxylic acids is 1. The molecule has 2 N–H and O–H groups in total. The van der Waals surface area contributed by atoms with Crippen LogP contribution in [0.3, 0.4) is 0 Å². The molecule has 0 spiro atoms. The Balaban J connectivity index is 0.00000264. The average Bonchev–Trinajstić information content (AvgIpc) is 2.46. The number of likely N-dealkylation sites (tertiary alicyclic amines) is 1. The molecular weight excluding hydrogens is 349 g/mol. The molecule has 0 radical (unpaired) electrons. The third-order valence-corrected chi connectivity index (χ3v) is 5.74. The van der Waals surface area contributed by atoms with Crippen LogP contribution in [-0.4, -0.2) is 67.7 Å². The van der Waals surface area contributed by atoms with E-state index < -0.39 is 5.54 Å². The van der Waals surface area contributed by atoms with Crippen molar-refractivity contribution in [2.45, 2.75) is 51.7 Å². The second-order valence-corrected chi connectivity index (χ2v) is 7.84. The second kappa shape index (κ2) is 9.04. The summed E-state index contributed by atoms with van der Waals surface area (Å²) >= 11 is 0. The Bertz CT molecular complexity index is 413. The lowest BCUT2D eigenvalue weighted by molar-refractivity contribution is -0.180. The van der Waals surface area contributed by atoms with E-state index in [1.165, 1.54) is 0 Å². The molecule has 1 saturated carbocycles. The van der Waals surface area contributed by atoms with Gasteiger partial charge in [0.15, 0.2) is 0 Å². The normalized spacial score (nSPS) is 29.5. The Labute approximate surface area is 159 Å². The summed E-state index contributed by atoms with van der Waals surface area (Å²) < 4.78 is 5.73. The van der Waals surface area contributed by atoms with E-state index in [4.69, 9.17) is 10.5 Å². The summed E-state index contributed by atoms with van der Waals surface area (Å²) in [7, 11) is 4.22. The molecule has 2 rings (SSSR count). The van der Waals surface area contributed by atoms with Crippen molar-refractivity contribution >= 4 is 30.7 Å². The van der Waals surface area contributed by atoms with E-state index in [0.29, 0.717) is 18.9 Å². The molecule has 2 aliphatic rings. The van der Waals surface area contributed by atoms with Crippen LogP contribution in [0.15, 0.2) is 0 Å². The van der Waals surface area contributed by atoms with E-state index in [9.17, 15) is 4.79 Å². The number of piperidine rings is 1. The molecule has 2 unspecified atom stereocenters. The van der Waals surface area contributed by atoms with Crippen LogP contribution in [0.4, 0.5) is 0 Å². The summed E-state index contributed by atoms with van der Waals surface area (Å²) in [5.74, 6) is 0.815. The van der Waals surface area contributed by atoms with Gasteiger partial charge in [0, 0.05) is 38.1 Å². The lowest BCUT2D eigenvalue weighted by Crippen LogP contribution is -2.76. The summed E-state index contributed by atoms with van der Waals surface area (Å²) in [6.45, 7) is 9.57. The fourth-order valence-corrected chi connectivity index (χ4v) is 3.92. The fraction of sp³-hybridized carbons (Fsp3) is 0.941. The number of hydrogen-bond acceptors (Lipinski definition) is 4. The Morgan fingerprint density at radius 3 is 2.21 bits per heavy atom. The highest BCUT2D eigenvalue weighted by Gasteiger charge is 2.63. The zero-order valence-electron chi connectivity index (χ0n) is 15.7. The highest BCUT2D eigenvalue weighted by Crippen LogP contribution is 2.50.